The summed E-state index contributed by atoms with van der Waals surface area (Å²) in [6.07, 6.45) is 1.26. The number of hydrogen-bond acceptors (Lipinski definition) is 3. The van der Waals surface area contributed by atoms with E-state index in [1.54, 1.807) is 11.9 Å². The Morgan fingerprint density at radius 2 is 1.62 bits per heavy atom. The zero-order valence-corrected chi connectivity index (χ0v) is 22.8. The van der Waals surface area contributed by atoms with Gasteiger partial charge in [-0.1, -0.05) is 70.2 Å². The van der Waals surface area contributed by atoms with E-state index < -0.39 is 0 Å². The summed E-state index contributed by atoms with van der Waals surface area (Å²) in [4.78, 5) is 29.7. The van der Waals surface area contributed by atoms with Gasteiger partial charge in [-0.15, -0.1) is 0 Å². The third-order valence-corrected chi connectivity index (χ3v) is 6.78. The maximum absolute atomic E-state index is 13.4. The lowest BCUT2D eigenvalue weighted by Crippen LogP contribution is -2.31. The number of aryl methyl sites for hydroxylation is 1. The Morgan fingerprint density at radius 3 is 2.30 bits per heavy atom. The van der Waals surface area contributed by atoms with Gasteiger partial charge in [0.2, 0.25) is 5.91 Å². The van der Waals surface area contributed by atoms with Crippen molar-refractivity contribution in [2.24, 2.45) is 11.8 Å². The number of carbonyl (C=O) groups is 2. The van der Waals surface area contributed by atoms with E-state index in [9.17, 15) is 9.59 Å². The van der Waals surface area contributed by atoms with Gasteiger partial charge in [0.15, 0.2) is 0 Å². The molecule has 0 saturated heterocycles. The van der Waals surface area contributed by atoms with Crippen molar-refractivity contribution < 1.29 is 9.59 Å². The number of anilines is 2. The second kappa shape index (κ2) is 11.7. The van der Waals surface area contributed by atoms with Crippen molar-refractivity contribution >= 4 is 23.2 Å². The number of amides is 2. The second-order valence-corrected chi connectivity index (χ2v) is 11.0. The molecule has 1 N–H and O–H groups in total. The van der Waals surface area contributed by atoms with Crippen LogP contribution in [0.3, 0.4) is 0 Å². The predicted molar refractivity (Wildman–Crippen MR) is 153 cm³/mol. The monoisotopic (exact) mass is 497 g/mol. The Hall–Kier alpha value is -3.44. The standard InChI is InChI=1S/C32H39N3O2/c1-22(2)19-35(20-23(3)4)21-27-17-26(12-15-29(27)24-9-7-6-8-10-24)32(37)33-28-14-11-25-13-16-31(36)34(5)30(25)18-28/h6-12,14-15,17-18,22-23H,13,16,19-21H2,1-5H3,(H,33,37). The number of rotatable bonds is 9. The highest BCUT2D eigenvalue weighted by atomic mass is 16.2. The van der Waals surface area contributed by atoms with Crippen molar-refractivity contribution in [2.75, 3.05) is 30.4 Å². The lowest BCUT2D eigenvalue weighted by atomic mass is 9.96. The Labute approximate surface area is 221 Å². The molecule has 3 aromatic rings. The largest absolute Gasteiger partial charge is 0.322 e. The first kappa shape index (κ1) is 26.6. The lowest BCUT2D eigenvalue weighted by Gasteiger charge is -2.27. The summed E-state index contributed by atoms with van der Waals surface area (Å²) in [5.74, 6) is 1.06. The Balaban J connectivity index is 1.63. The molecule has 0 saturated carbocycles. The fourth-order valence-corrected chi connectivity index (χ4v) is 5.15. The minimum absolute atomic E-state index is 0.101. The minimum Gasteiger partial charge on any atom is -0.322 e. The molecule has 194 valence electrons. The molecule has 5 nitrogen and oxygen atoms in total. The van der Waals surface area contributed by atoms with E-state index in [0.29, 0.717) is 29.5 Å². The van der Waals surface area contributed by atoms with Gasteiger partial charge in [-0.3, -0.25) is 14.5 Å². The van der Waals surface area contributed by atoms with Crippen LogP contribution in [0.25, 0.3) is 11.1 Å². The molecule has 0 unspecified atom stereocenters. The number of benzene rings is 3. The molecule has 0 bridgehead atoms. The third kappa shape index (κ3) is 6.66. The average Bonchev–Trinajstić information content (AvgIpc) is 2.86. The summed E-state index contributed by atoms with van der Waals surface area (Å²) >= 11 is 0. The first-order valence-corrected chi connectivity index (χ1v) is 13.3. The number of nitrogens with one attached hydrogen (secondary N) is 1. The van der Waals surface area contributed by atoms with E-state index in [0.717, 1.165) is 54.0 Å². The van der Waals surface area contributed by atoms with Gasteiger partial charge in [-0.2, -0.15) is 0 Å². The van der Waals surface area contributed by atoms with Crippen LogP contribution in [0.5, 0.6) is 0 Å². The highest BCUT2D eigenvalue weighted by Gasteiger charge is 2.22. The van der Waals surface area contributed by atoms with Crippen LogP contribution < -0.4 is 10.2 Å². The molecule has 1 aliphatic rings. The summed E-state index contributed by atoms with van der Waals surface area (Å²) < 4.78 is 0. The van der Waals surface area contributed by atoms with Crippen LogP contribution in [0.2, 0.25) is 0 Å². The molecule has 0 atom stereocenters. The highest BCUT2D eigenvalue weighted by molar-refractivity contribution is 6.05. The average molecular weight is 498 g/mol. The molecule has 0 radical (unpaired) electrons. The van der Waals surface area contributed by atoms with Crippen LogP contribution in [0.15, 0.2) is 66.7 Å². The topological polar surface area (TPSA) is 52.7 Å². The molecule has 0 spiro atoms. The molecular weight excluding hydrogens is 458 g/mol. The van der Waals surface area contributed by atoms with Gasteiger partial charge in [-0.25, -0.2) is 0 Å². The van der Waals surface area contributed by atoms with Crippen LogP contribution in [0.1, 0.15) is 55.6 Å². The van der Waals surface area contributed by atoms with E-state index in [2.05, 4.69) is 68.2 Å². The number of carbonyl (C=O) groups excluding carboxylic acids is 2. The molecule has 5 heteroatoms. The van der Waals surface area contributed by atoms with Gasteiger partial charge < -0.3 is 10.2 Å². The van der Waals surface area contributed by atoms with Crippen molar-refractivity contribution in [3.05, 3.63) is 83.4 Å². The number of nitrogens with zero attached hydrogens (tertiary/aromatic N) is 2. The van der Waals surface area contributed by atoms with Gasteiger partial charge in [0.25, 0.3) is 5.91 Å². The van der Waals surface area contributed by atoms with Gasteiger partial charge in [-0.05, 0) is 64.8 Å². The molecule has 1 aliphatic heterocycles. The van der Waals surface area contributed by atoms with Crippen molar-refractivity contribution in [2.45, 2.75) is 47.1 Å². The molecule has 0 fully saturated rings. The van der Waals surface area contributed by atoms with Crippen molar-refractivity contribution in [3.8, 4) is 11.1 Å². The van der Waals surface area contributed by atoms with E-state index in [1.807, 2.05) is 36.4 Å². The smallest absolute Gasteiger partial charge is 0.255 e. The minimum atomic E-state index is -0.148. The zero-order valence-electron chi connectivity index (χ0n) is 22.8. The van der Waals surface area contributed by atoms with Crippen molar-refractivity contribution in [1.29, 1.82) is 0 Å². The second-order valence-electron chi connectivity index (χ2n) is 11.0. The molecule has 3 aromatic carbocycles. The summed E-state index contributed by atoms with van der Waals surface area (Å²) in [7, 11) is 1.79. The quantitative estimate of drug-likeness (QED) is 0.361. The van der Waals surface area contributed by atoms with E-state index in [-0.39, 0.29) is 11.8 Å². The fourth-order valence-electron chi connectivity index (χ4n) is 5.15. The van der Waals surface area contributed by atoms with E-state index in [1.165, 1.54) is 0 Å². The molecule has 0 aliphatic carbocycles. The molecule has 4 rings (SSSR count). The first-order valence-electron chi connectivity index (χ1n) is 13.3. The maximum atomic E-state index is 13.4. The lowest BCUT2D eigenvalue weighted by molar-refractivity contribution is -0.118. The van der Waals surface area contributed by atoms with Crippen LogP contribution in [-0.2, 0) is 17.8 Å². The SMILES string of the molecule is CC(C)CN(Cc1cc(C(=O)Nc2ccc3c(c2)N(C)C(=O)CC3)ccc1-c1ccccc1)CC(C)C. The number of fused-ring (bicyclic) bond motifs is 1. The summed E-state index contributed by atoms with van der Waals surface area (Å²) in [6.45, 7) is 11.8. The van der Waals surface area contributed by atoms with Gasteiger partial charge in [0, 0.05) is 50.0 Å². The van der Waals surface area contributed by atoms with Crippen LogP contribution in [0, 0.1) is 11.8 Å². The third-order valence-electron chi connectivity index (χ3n) is 6.78. The Morgan fingerprint density at radius 1 is 0.919 bits per heavy atom. The Bertz CT molecular complexity index is 1240. The maximum Gasteiger partial charge on any atom is 0.255 e. The highest BCUT2D eigenvalue weighted by Crippen LogP contribution is 2.31. The predicted octanol–water partition coefficient (Wildman–Crippen LogP) is 6.63. The molecule has 2 amide bonds. The first-order chi connectivity index (χ1) is 17.7. The zero-order chi connectivity index (χ0) is 26.5. The molecule has 1 heterocycles. The summed E-state index contributed by atoms with van der Waals surface area (Å²) in [5.41, 5.74) is 6.78. The van der Waals surface area contributed by atoms with Gasteiger partial charge >= 0.3 is 0 Å². The molecular formula is C32H39N3O2. The summed E-state index contributed by atoms with van der Waals surface area (Å²) in [5, 5.41) is 3.06. The van der Waals surface area contributed by atoms with Crippen molar-refractivity contribution in [1.82, 2.24) is 4.90 Å². The fraction of sp³-hybridized carbons (Fsp3) is 0.375. The number of hydrogen-bond donors (Lipinski definition) is 1. The van der Waals surface area contributed by atoms with Crippen LogP contribution in [0.4, 0.5) is 11.4 Å². The Kier molecular flexibility index (Phi) is 8.45. The normalized spacial score (nSPS) is 13.4. The van der Waals surface area contributed by atoms with Crippen LogP contribution >= 0.6 is 0 Å². The van der Waals surface area contributed by atoms with Crippen molar-refractivity contribution in [3.63, 3.8) is 0 Å². The van der Waals surface area contributed by atoms with E-state index >= 15 is 0 Å². The molecule has 0 aromatic heterocycles. The van der Waals surface area contributed by atoms with Gasteiger partial charge in [0.05, 0.1) is 0 Å². The van der Waals surface area contributed by atoms with Gasteiger partial charge in [0.1, 0.15) is 0 Å². The van der Waals surface area contributed by atoms with Crippen LogP contribution in [-0.4, -0.2) is 36.9 Å². The van der Waals surface area contributed by atoms with E-state index in [4.69, 9.17) is 0 Å². The molecule has 37 heavy (non-hydrogen) atoms. The summed E-state index contributed by atoms with van der Waals surface area (Å²) in [6, 6.07) is 22.2.